The van der Waals surface area contributed by atoms with E-state index in [1.165, 1.54) is 0 Å². The highest BCUT2D eigenvalue weighted by molar-refractivity contribution is 5.92. The standard InChI is InChI=1S/C15H22N2O2/c1-11-7-12(2)9-13(8-11)16-15(19)10-17-5-3-14(18)4-6-17/h7-9,14,18H,3-6,10H2,1-2H3,(H,16,19). The Morgan fingerprint density at radius 1 is 1.26 bits per heavy atom. The van der Waals surface area contributed by atoms with Gasteiger partial charge in [0.05, 0.1) is 12.6 Å². The lowest BCUT2D eigenvalue weighted by Crippen LogP contribution is -2.40. The summed E-state index contributed by atoms with van der Waals surface area (Å²) in [5.41, 5.74) is 3.16. The predicted molar refractivity (Wildman–Crippen MR) is 76.2 cm³/mol. The van der Waals surface area contributed by atoms with E-state index in [1.54, 1.807) is 0 Å². The molecular weight excluding hydrogens is 240 g/mol. The molecule has 0 saturated carbocycles. The Bertz CT molecular complexity index is 431. The zero-order valence-electron chi connectivity index (χ0n) is 11.6. The minimum absolute atomic E-state index is 0.0152. The van der Waals surface area contributed by atoms with Crippen LogP contribution in [0.1, 0.15) is 24.0 Å². The third-order valence-electron chi connectivity index (χ3n) is 3.43. The Morgan fingerprint density at radius 2 is 1.84 bits per heavy atom. The van der Waals surface area contributed by atoms with Gasteiger partial charge in [-0.05, 0) is 49.9 Å². The smallest absolute Gasteiger partial charge is 0.238 e. The summed E-state index contributed by atoms with van der Waals surface area (Å²) in [5, 5.41) is 12.4. The maximum absolute atomic E-state index is 12.0. The van der Waals surface area contributed by atoms with E-state index in [-0.39, 0.29) is 12.0 Å². The lowest BCUT2D eigenvalue weighted by atomic mass is 10.1. The number of rotatable bonds is 3. The molecule has 2 N–H and O–H groups in total. The molecule has 1 fully saturated rings. The van der Waals surface area contributed by atoms with E-state index in [0.717, 1.165) is 42.7 Å². The maximum Gasteiger partial charge on any atom is 0.238 e. The molecule has 4 heteroatoms. The third-order valence-corrected chi connectivity index (χ3v) is 3.43. The van der Waals surface area contributed by atoms with Crippen LogP contribution >= 0.6 is 0 Å². The first-order valence-corrected chi connectivity index (χ1v) is 6.81. The lowest BCUT2D eigenvalue weighted by Gasteiger charge is -2.28. The second-order valence-electron chi connectivity index (χ2n) is 5.43. The van der Waals surface area contributed by atoms with Crippen molar-refractivity contribution in [3.63, 3.8) is 0 Å². The summed E-state index contributed by atoms with van der Waals surface area (Å²) in [6.45, 7) is 6.03. The van der Waals surface area contributed by atoms with Crippen LogP contribution in [-0.4, -0.2) is 41.7 Å². The van der Waals surface area contributed by atoms with E-state index in [2.05, 4.69) is 16.3 Å². The van der Waals surface area contributed by atoms with Crippen LogP contribution in [0.15, 0.2) is 18.2 Å². The Labute approximate surface area is 114 Å². The van der Waals surface area contributed by atoms with Crippen molar-refractivity contribution < 1.29 is 9.90 Å². The molecule has 0 bridgehead atoms. The summed E-state index contributed by atoms with van der Waals surface area (Å²) in [4.78, 5) is 14.1. The summed E-state index contributed by atoms with van der Waals surface area (Å²) in [5.74, 6) is 0.0152. The fraction of sp³-hybridized carbons (Fsp3) is 0.533. The number of aliphatic hydroxyl groups excluding tert-OH is 1. The molecule has 0 spiro atoms. The van der Waals surface area contributed by atoms with Gasteiger partial charge in [0.25, 0.3) is 0 Å². The molecule has 1 aromatic carbocycles. The quantitative estimate of drug-likeness (QED) is 0.871. The largest absolute Gasteiger partial charge is 0.393 e. The van der Waals surface area contributed by atoms with Gasteiger partial charge in [-0.15, -0.1) is 0 Å². The van der Waals surface area contributed by atoms with Crippen molar-refractivity contribution in [1.29, 1.82) is 0 Å². The minimum Gasteiger partial charge on any atom is -0.393 e. The van der Waals surface area contributed by atoms with E-state index < -0.39 is 0 Å². The van der Waals surface area contributed by atoms with Gasteiger partial charge in [-0.1, -0.05) is 6.07 Å². The molecule has 0 aromatic heterocycles. The summed E-state index contributed by atoms with van der Waals surface area (Å²) in [6, 6.07) is 6.04. The number of hydrogen-bond acceptors (Lipinski definition) is 3. The maximum atomic E-state index is 12.0. The molecule has 19 heavy (non-hydrogen) atoms. The Balaban J connectivity index is 1.87. The zero-order chi connectivity index (χ0) is 13.8. The van der Waals surface area contributed by atoms with Gasteiger partial charge < -0.3 is 10.4 Å². The fourth-order valence-corrected chi connectivity index (χ4v) is 2.53. The van der Waals surface area contributed by atoms with E-state index in [4.69, 9.17) is 0 Å². The van der Waals surface area contributed by atoms with Crippen LogP contribution in [-0.2, 0) is 4.79 Å². The summed E-state index contributed by atoms with van der Waals surface area (Å²) in [7, 11) is 0. The van der Waals surface area contributed by atoms with Crippen LogP contribution in [0.5, 0.6) is 0 Å². The number of anilines is 1. The molecule has 0 unspecified atom stereocenters. The van der Waals surface area contributed by atoms with Crippen LogP contribution in [0.25, 0.3) is 0 Å². The average molecular weight is 262 g/mol. The zero-order valence-corrected chi connectivity index (χ0v) is 11.6. The number of piperidine rings is 1. The van der Waals surface area contributed by atoms with Crippen molar-refractivity contribution >= 4 is 11.6 Å². The van der Waals surface area contributed by atoms with Crippen molar-refractivity contribution in [1.82, 2.24) is 4.90 Å². The molecule has 1 heterocycles. The molecule has 1 aromatic rings. The van der Waals surface area contributed by atoms with Crippen LogP contribution in [0.4, 0.5) is 5.69 Å². The highest BCUT2D eigenvalue weighted by atomic mass is 16.3. The first kappa shape index (κ1) is 14.0. The highest BCUT2D eigenvalue weighted by Gasteiger charge is 2.18. The number of amides is 1. The normalized spacial score (nSPS) is 17.4. The van der Waals surface area contributed by atoms with Gasteiger partial charge in [-0.2, -0.15) is 0 Å². The lowest BCUT2D eigenvalue weighted by molar-refractivity contribution is -0.117. The second kappa shape index (κ2) is 6.17. The number of aryl methyl sites for hydroxylation is 2. The van der Waals surface area contributed by atoms with E-state index in [1.807, 2.05) is 26.0 Å². The van der Waals surface area contributed by atoms with Crippen LogP contribution in [0.2, 0.25) is 0 Å². The monoisotopic (exact) mass is 262 g/mol. The van der Waals surface area contributed by atoms with Crippen LogP contribution in [0.3, 0.4) is 0 Å². The van der Waals surface area contributed by atoms with Gasteiger partial charge in [0.15, 0.2) is 0 Å². The van der Waals surface area contributed by atoms with E-state index in [9.17, 15) is 9.90 Å². The summed E-state index contributed by atoms with van der Waals surface area (Å²) in [6.07, 6.45) is 1.33. The fourth-order valence-electron chi connectivity index (χ4n) is 2.53. The van der Waals surface area contributed by atoms with Gasteiger partial charge in [0, 0.05) is 18.8 Å². The SMILES string of the molecule is Cc1cc(C)cc(NC(=O)CN2CCC(O)CC2)c1. The summed E-state index contributed by atoms with van der Waals surface area (Å²) < 4.78 is 0. The van der Waals surface area contributed by atoms with E-state index in [0.29, 0.717) is 6.54 Å². The van der Waals surface area contributed by atoms with Crippen molar-refractivity contribution in [3.05, 3.63) is 29.3 Å². The van der Waals surface area contributed by atoms with Gasteiger partial charge >= 0.3 is 0 Å². The highest BCUT2D eigenvalue weighted by Crippen LogP contribution is 2.14. The second-order valence-corrected chi connectivity index (χ2v) is 5.43. The average Bonchev–Trinajstić information content (AvgIpc) is 2.30. The molecule has 1 amide bonds. The number of nitrogens with one attached hydrogen (secondary N) is 1. The van der Waals surface area contributed by atoms with Gasteiger partial charge in [-0.3, -0.25) is 9.69 Å². The Hall–Kier alpha value is -1.39. The molecule has 1 aliphatic heterocycles. The number of benzene rings is 1. The van der Waals surface area contributed by atoms with Gasteiger partial charge in [0.1, 0.15) is 0 Å². The molecule has 104 valence electrons. The number of likely N-dealkylation sites (tertiary alicyclic amines) is 1. The van der Waals surface area contributed by atoms with Crippen molar-refractivity contribution in [3.8, 4) is 0 Å². The predicted octanol–water partition coefficient (Wildman–Crippen LogP) is 1.70. The molecular formula is C15H22N2O2. The van der Waals surface area contributed by atoms with Crippen LogP contribution in [0, 0.1) is 13.8 Å². The minimum atomic E-state index is -0.196. The molecule has 4 nitrogen and oxygen atoms in total. The molecule has 1 aliphatic rings. The molecule has 0 radical (unpaired) electrons. The molecule has 2 rings (SSSR count). The Kier molecular flexibility index (Phi) is 4.56. The molecule has 0 atom stereocenters. The van der Waals surface area contributed by atoms with Gasteiger partial charge in [0.2, 0.25) is 5.91 Å². The molecule has 1 saturated heterocycles. The molecule has 0 aliphatic carbocycles. The topological polar surface area (TPSA) is 52.6 Å². The summed E-state index contributed by atoms with van der Waals surface area (Å²) >= 11 is 0. The number of hydrogen-bond donors (Lipinski definition) is 2. The Morgan fingerprint density at radius 3 is 2.42 bits per heavy atom. The van der Waals surface area contributed by atoms with Crippen molar-refractivity contribution in [2.24, 2.45) is 0 Å². The number of carbonyl (C=O) groups is 1. The van der Waals surface area contributed by atoms with Crippen molar-refractivity contribution in [2.45, 2.75) is 32.8 Å². The van der Waals surface area contributed by atoms with Crippen molar-refractivity contribution in [2.75, 3.05) is 25.0 Å². The third kappa shape index (κ3) is 4.33. The first-order chi connectivity index (χ1) is 9.02. The number of nitrogens with zero attached hydrogens (tertiary/aromatic N) is 1. The van der Waals surface area contributed by atoms with Gasteiger partial charge in [-0.25, -0.2) is 0 Å². The number of carbonyl (C=O) groups excluding carboxylic acids is 1. The first-order valence-electron chi connectivity index (χ1n) is 6.81. The van der Waals surface area contributed by atoms with Crippen LogP contribution < -0.4 is 5.32 Å². The van der Waals surface area contributed by atoms with E-state index >= 15 is 0 Å². The number of aliphatic hydroxyl groups is 1.